The Balaban J connectivity index is 1.95. The Bertz CT molecular complexity index is 188. The Kier molecular flexibility index (Phi) is 5.51. The second-order valence-corrected chi connectivity index (χ2v) is 3.97. The molecule has 0 aromatic carbocycles. The lowest BCUT2D eigenvalue weighted by atomic mass is 9.95. The van der Waals surface area contributed by atoms with Crippen molar-refractivity contribution < 1.29 is 27.8 Å². The van der Waals surface area contributed by atoms with Gasteiger partial charge in [-0.2, -0.15) is 13.2 Å². The van der Waals surface area contributed by atoms with Crippen molar-refractivity contribution in [1.29, 1.82) is 0 Å². The molecule has 1 aliphatic rings. The molecule has 6 heteroatoms. The summed E-state index contributed by atoms with van der Waals surface area (Å²) in [5, 5.41) is 9.22. The van der Waals surface area contributed by atoms with E-state index in [4.69, 9.17) is 4.74 Å². The highest BCUT2D eigenvalue weighted by molar-refractivity contribution is 4.71. The van der Waals surface area contributed by atoms with Gasteiger partial charge in [0.05, 0.1) is 25.4 Å². The topological polar surface area (TPSA) is 38.7 Å². The first-order valence-electron chi connectivity index (χ1n) is 5.41. The van der Waals surface area contributed by atoms with Crippen LogP contribution in [-0.2, 0) is 9.47 Å². The number of hydrogen-bond acceptors (Lipinski definition) is 3. The van der Waals surface area contributed by atoms with E-state index in [2.05, 4.69) is 4.74 Å². The maximum Gasteiger partial charge on any atom is 0.411 e. The van der Waals surface area contributed by atoms with Crippen molar-refractivity contribution in [2.24, 2.45) is 0 Å². The molecule has 0 aliphatic heterocycles. The molecule has 3 nitrogen and oxygen atoms in total. The number of aliphatic hydroxyl groups excluding tert-OH is 1. The van der Waals surface area contributed by atoms with Crippen LogP contribution in [0.3, 0.4) is 0 Å². The number of alkyl halides is 3. The molecular weight excluding hydrogens is 225 g/mol. The van der Waals surface area contributed by atoms with Gasteiger partial charge in [-0.3, -0.25) is 0 Å². The molecule has 0 unspecified atom stereocenters. The molecule has 1 saturated carbocycles. The lowest BCUT2D eigenvalue weighted by Gasteiger charge is -2.25. The lowest BCUT2D eigenvalue weighted by Crippen LogP contribution is -2.26. The number of halogens is 3. The quantitative estimate of drug-likeness (QED) is 0.748. The van der Waals surface area contributed by atoms with Crippen LogP contribution in [0.2, 0.25) is 0 Å². The lowest BCUT2D eigenvalue weighted by molar-refractivity contribution is -0.177. The molecule has 0 amide bonds. The van der Waals surface area contributed by atoms with Crippen molar-refractivity contribution >= 4 is 0 Å². The maximum absolute atomic E-state index is 11.7. The second kappa shape index (κ2) is 6.42. The zero-order chi connectivity index (χ0) is 12.0. The van der Waals surface area contributed by atoms with Crippen LogP contribution in [0.25, 0.3) is 0 Å². The van der Waals surface area contributed by atoms with Gasteiger partial charge in [0.1, 0.15) is 6.61 Å². The average molecular weight is 242 g/mol. The van der Waals surface area contributed by atoms with Crippen molar-refractivity contribution in [3.8, 4) is 0 Å². The first-order chi connectivity index (χ1) is 7.47. The minimum absolute atomic E-state index is 0.0431. The minimum Gasteiger partial charge on any atom is -0.393 e. The Morgan fingerprint density at radius 2 is 1.69 bits per heavy atom. The van der Waals surface area contributed by atoms with E-state index in [1.807, 2.05) is 0 Å². The van der Waals surface area contributed by atoms with E-state index in [0.717, 1.165) is 12.8 Å². The van der Waals surface area contributed by atoms with Gasteiger partial charge in [-0.1, -0.05) is 0 Å². The summed E-state index contributed by atoms with van der Waals surface area (Å²) in [6, 6.07) is 0. The molecule has 1 rings (SSSR count). The summed E-state index contributed by atoms with van der Waals surface area (Å²) in [6.07, 6.45) is -1.53. The van der Waals surface area contributed by atoms with Crippen LogP contribution in [0.15, 0.2) is 0 Å². The molecule has 0 spiro atoms. The fourth-order valence-corrected chi connectivity index (χ4v) is 1.67. The summed E-state index contributed by atoms with van der Waals surface area (Å²) in [5.74, 6) is 0. The molecule has 0 radical (unpaired) electrons. The summed E-state index contributed by atoms with van der Waals surface area (Å²) in [6.45, 7) is -1.09. The normalized spacial score (nSPS) is 27.0. The van der Waals surface area contributed by atoms with Gasteiger partial charge < -0.3 is 14.6 Å². The second-order valence-electron chi connectivity index (χ2n) is 3.97. The standard InChI is InChI=1S/C10H17F3O3/c11-10(12,13)7-15-5-6-16-9-3-1-8(14)2-4-9/h8-9,14H,1-7H2. The monoisotopic (exact) mass is 242 g/mol. The molecule has 16 heavy (non-hydrogen) atoms. The van der Waals surface area contributed by atoms with Gasteiger partial charge in [0.15, 0.2) is 0 Å². The fourth-order valence-electron chi connectivity index (χ4n) is 1.67. The van der Waals surface area contributed by atoms with Crippen LogP contribution < -0.4 is 0 Å². The van der Waals surface area contributed by atoms with E-state index in [1.54, 1.807) is 0 Å². The van der Waals surface area contributed by atoms with Crippen LogP contribution >= 0.6 is 0 Å². The average Bonchev–Trinajstić information content (AvgIpc) is 2.19. The summed E-state index contributed by atoms with van der Waals surface area (Å²) >= 11 is 0. The van der Waals surface area contributed by atoms with Crippen molar-refractivity contribution in [2.75, 3.05) is 19.8 Å². The molecule has 0 heterocycles. The fraction of sp³-hybridized carbons (Fsp3) is 1.00. The first kappa shape index (κ1) is 13.7. The first-order valence-corrected chi connectivity index (χ1v) is 5.41. The highest BCUT2D eigenvalue weighted by Crippen LogP contribution is 2.20. The molecule has 1 N–H and O–H groups in total. The van der Waals surface area contributed by atoms with Gasteiger partial charge in [0.25, 0.3) is 0 Å². The molecule has 0 aromatic rings. The molecule has 0 bridgehead atoms. The SMILES string of the molecule is OC1CCC(OCCOCC(F)(F)F)CC1. The third kappa shape index (κ3) is 6.30. The summed E-state index contributed by atoms with van der Waals surface area (Å²) in [4.78, 5) is 0. The number of ether oxygens (including phenoxy) is 2. The predicted molar refractivity (Wildman–Crippen MR) is 51.1 cm³/mol. The van der Waals surface area contributed by atoms with Gasteiger partial charge in [-0.05, 0) is 25.7 Å². The number of rotatable bonds is 5. The van der Waals surface area contributed by atoms with Crippen LogP contribution in [0.1, 0.15) is 25.7 Å². The Morgan fingerprint density at radius 3 is 2.25 bits per heavy atom. The van der Waals surface area contributed by atoms with Crippen LogP contribution in [0.5, 0.6) is 0 Å². The van der Waals surface area contributed by atoms with Gasteiger partial charge in [-0.25, -0.2) is 0 Å². The Labute approximate surface area is 92.5 Å². The molecular formula is C10H17F3O3. The molecule has 0 atom stereocenters. The van der Waals surface area contributed by atoms with Crippen molar-refractivity contribution in [2.45, 2.75) is 44.1 Å². The van der Waals surface area contributed by atoms with E-state index in [1.165, 1.54) is 0 Å². The van der Waals surface area contributed by atoms with E-state index in [0.29, 0.717) is 12.8 Å². The Hall–Kier alpha value is -0.330. The highest BCUT2D eigenvalue weighted by atomic mass is 19.4. The zero-order valence-electron chi connectivity index (χ0n) is 9.00. The molecule has 0 aromatic heterocycles. The molecule has 96 valence electrons. The smallest absolute Gasteiger partial charge is 0.393 e. The minimum atomic E-state index is -4.27. The van der Waals surface area contributed by atoms with Gasteiger partial charge in [0, 0.05) is 0 Å². The van der Waals surface area contributed by atoms with Gasteiger partial charge in [-0.15, -0.1) is 0 Å². The van der Waals surface area contributed by atoms with Crippen molar-refractivity contribution in [3.63, 3.8) is 0 Å². The highest BCUT2D eigenvalue weighted by Gasteiger charge is 2.27. The number of hydrogen-bond donors (Lipinski definition) is 1. The van der Waals surface area contributed by atoms with Crippen LogP contribution in [-0.4, -0.2) is 43.3 Å². The summed E-state index contributed by atoms with van der Waals surface area (Å²) in [5.41, 5.74) is 0. The predicted octanol–water partition coefficient (Wildman–Crippen LogP) is 1.89. The van der Waals surface area contributed by atoms with E-state index < -0.39 is 12.8 Å². The zero-order valence-corrected chi connectivity index (χ0v) is 9.00. The van der Waals surface area contributed by atoms with E-state index in [-0.39, 0.29) is 25.4 Å². The van der Waals surface area contributed by atoms with Crippen LogP contribution in [0.4, 0.5) is 13.2 Å². The number of aliphatic hydroxyl groups is 1. The van der Waals surface area contributed by atoms with E-state index >= 15 is 0 Å². The third-order valence-electron chi connectivity index (χ3n) is 2.49. The largest absolute Gasteiger partial charge is 0.411 e. The van der Waals surface area contributed by atoms with Gasteiger partial charge >= 0.3 is 6.18 Å². The maximum atomic E-state index is 11.7. The molecule has 1 aliphatic carbocycles. The third-order valence-corrected chi connectivity index (χ3v) is 2.49. The van der Waals surface area contributed by atoms with Crippen LogP contribution in [0, 0.1) is 0 Å². The van der Waals surface area contributed by atoms with Crippen molar-refractivity contribution in [1.82, 2.24) is 0 Å². The summed E-state index contributed by atoms with van der Waals surface area (Å²) < 4.78 is 44.8. The van der Waals surface area contributed by atoms with Gasteiger partial charge in [0.2, 0.25) is 0 Å². The van der Waals surface area contributed by atoms with Crippen molar-refractivity contribution in [3.05, 3.63) is 0 Å². The molecule has 0 saturated heterocycles. The summed E-state index contributed by atoms with van der Waals surface area (Å²) in [7, 11) is 0. The molecule has 1 fully saturated rings. The van der Waals surface area contributed by atoms with E-state index in [9.17, 15) is 18.3 Å². The Morgan fingerprint density at radius 1 is 1.06 bits per heavy atom.